The summed E-state index contributed by atoms with van der Waals surface area (Å²) in [5, 5.41) is 45.1. The SMILES string of the molecule is Nc1ccc(C2CCOCC2)cc1NCc1ccccn1.Nc1ccc(C2CCOCC2)cc1NCc1ccccn1.O=[N+]([O-])c1ccc(Br)cc1F.O=[N+]([O-])c1ccc(Br)cc1NCc1ccccn1.O=[N+]([O-])c1ccc(C2=CCOCC2)cc1NCc1ccccn1. The molecule has 94 heavy (non-hydrogen) atoms. The molecule has 5 aromatic carbocycles. The van der Waals surface area contributed by atoms with Gasteiger partial charge in [-0.3, -0.25) is 50.3 Å². The summed E-state index contributed by atoms with van der Waals surface area (Å²) in [6.07, 6.45) is 14.2. The van der Waals surface area contributed by atoms with E-state index in [0.717, 1.165) is 132 Å². The number of rotatable bonds is 18. The van der Waals surface area contributed by atoms with Gasteiger partial charge in [0.15, 0.2) is 0 Å². The zero-order valence-corrected chi connectivity index (χ0v) is 54.5. The van der Waals surface area contributed by atoms with Crippen molar-refractivity contribution in [2.45, 2.75) is 70.1 Å². The van der Waals surface area contributed by atoms with Crippen LogP contribution in [0.1, 0.15) is 83.4 Å². The van der Waals surface area contributed by atoms with Crippen molar-refractivity contribution in [1.29, 1.82) is 0 Å². The Morgan fingerprint density at radius 3 is 1.23 bits per heavy atom. The average Bonchev–Trinajstić information content (AvgIpc) is 0.956. The highest BCUT2D eigenvalue weighted by Gasteiger charge is 2.21. The molecule has 0 radical (unpaired) electrons. The van der Waals surface area contributed by atoms with Crippen molar-refractivity contribution in [1.82, 2.24) is 19.9 Å². The number of hydrogen-bond acceptors (Lipinski definition) is 19. The molecule has 0 bridgehead atoms. The standard InChI is InChI=1S/C17H17N3O3.2C17H21N3O.C12H10BrN3O2.C6H3BrFNO2/c21-20(22)17-5-4-14(13-6-9-23-10-7-13)11-16(17)19-12-15-3-1-2-8-18-15;2*18-16-5-4-14(13-6-9-21-10-7-13)11-17(16)20-12-15-3-1-2-8-19-15;13-9-4-5-12(16(17)18)11(7-9)15-8-10-3-1-2-6-14-10;7-4-1-2-6(9(10)11)5(8)3-4/h1-6,8,11,19H,7,9-10,12H2;2*1-5,8,11,13,20H,6-7,9-10,12,18H2;1-7,15H,8H2;1-3H. The van der Waals surface area contributed by atoms with Crippen LogP contribution in [0.5, 0.6) is 0 Å². The predicted molar refractivity (Wildman–Crippen MR) is 372 cm³/mol. The van der Waals surface area contributed by atoms with Gasteiger partial charge in [-0.25, -0.2) is 0 Å². The zero-order chi connectivity index (χ0) is 66.4. The summed E-state index contributed by atoms with van der Waals surface area (Å²) in [5.41, 5.74) is 24.8. The van der Waals surface area contributed by atoms with E-state index in [2.05, 4.69) is 97.3 Å². The van der Waals surface area contributed by atoms with Gasteiger partial charge in [0.2, 0.25) is 5.82 Å². The minimum absolute atomic E-state index is 0.0501. The van der Waals surface area contributed by atoms with Gasteiger partial charge in [-0.05, 0) is 175 Å². The van der Waals surface area contributed by atoms with E-state index in [9.17, 15) is 34.7 Å². The highest BCUT2D eigenvalue weighted by Crippen LogP contribution is 2.35. The summed E-state index contributed by atoms with van der Waals surface area (Å²) >= 11 is 6.28. The number of pyridine rings is 4. The van der Waals surface area contributed by atoms with Crippen LogP contribution in [-0.4, -0.2) is 74.3 Å². The van der Waals surface area contributed by atoms with Crippen molar-refractivity contribution in [3.63, 3.8) is 0 Å². The molecule has 488 valence electrons. The number of aromatic nitrogens is 4. The van der Waals surface area contributed by atoms with Gasteiger partial charge in [0.05, 0.1) is 99.7 Å². The van der Waals surface area contributed by atoms with E-state index in [4.69, 9.17) is 25.7 Å². The van der Waals surface area contributed by atoms with Crippen LogP contribution < -0.4 is 32.7 Å². The molecule has 8 N–H and O–H groups in total. The van der Waals surface area contributed by atoms with Crippen LogP contribution in [0.4, 0.5) is 55.6 Å². The summed E-state index contributed by atoms with van der Waals surface area (Å²) in [7, 11) is 0. The normalized spacial score (nSPS) is 13.6. The van der Waals surface area contributed by atoms with Gasteiger partial charge in [0.25, 0.3) is 11.4 Å². The highest BCUT2D eigenvalue weighted by molar-refractivity contribution is 9.10. The molecule has 0 atom stereocenters. The molecule has 2 fully saturated rings. The van der Waals surface area contributed by atoms with E-state index >= 15 is 0 Å². The summed E-state index contributed by atoms with van der Waals surface area (Å²) in [6, 6.07) is 49.1. The van der Waals surface area contributed by atoms with Crippen LogP contribution in [0.2, 0.25) is 0 Å². The number of anilines is 6. The molecule has 7 heterocycles. The second kappa shape index (κ2) is 37.0. The number of nitro benzene ring substituents is 3. The Morgan fingerprint density at radius 2 is 0.851 bits per heavy atom. The molecule has 25 heteroatoms. The lowest BCUT2D eigenvalue weighted by atomic mass is 9.91. The van der Waals surface area contributed by atoms with Crippen molar-refractivity contribution in [2.24, 2.45) is 0 Å². The lowest BCUT2D eigenvalue weighted by molar-refractivity contribution is -0.387. The molecule has 3 aliphatic heterocycles. The lowest BCUT2D eigenvalue weighted by Crippen LogP contribution is -2.14. The lowest BCUT2D eigenvalue weighted by Gasteiger charge is -2.23. The highest BCUT2D eigenvalue weighted by atomic mass is 79.9. The minimum Gasteiger partial charge on any atom is -0.397 e. The van der Waals surface area contributed by atoms with Gasteiger partial charge in [0, 0.05) is 78.4 Å². The Balaban J connectivity index is 0.000000153. The number of nitrogens with two attached hydrogens (primary N) is 2. The molecular formula is C69H72Br2FN13O9. The fraction of sp³-hybridized carbons (Fsp3) is 0.246. The number of nitro groups is 3. The monoisotopic (exact) mass is 1400 g/mol. The number of ether oxygens (including phenoxy) is 3. The molecule has 4 aromatic heterocycles. The Kier molecular flexibility index (Phi) is 27.6. The van der Waals surface area contributed by atoms with Gasteiger partial charge in [-0.15, -0.1) is 0 Å². The number of nitrogens with zero attached hydrogens (tertiary/aromatic N) is 7. The van der Waals surface area contributed by atoms with E-state index < -0.39 is 21.4 Å². The summed E-state index contributed by atoms with van der Waals surface area (Å²) in [4.78, 5) is 47.7. The molecule has 0 saturated carbocycles. The Labute approximate surface area is 560 Å². The number of halogens is 3. The van der Waals surface area contributed by atoms with Gasteiger partial charge >= 0.3 is 5.69 Å². The maximum absolute atomic E-state index is 12.6. The minimum atomic E-state index is -0.829. The fourth-order valence-corrected chi connectivity index (χ4v) is 10.7. The summed E-state index contributed by atoms with van der Waals surface area (Å²) in [6.45, 7) is 6.92. The average molecular weight is 1410 g/mol. The van der Waals surface area contributed by atoms with Gasteiger partial charge in [-0.2, -0.15) is 4.39 Å². The predicted octanol–water partition coefficient (Wildman–Crippen LogP) is 15.6. The largest absolute Gasteiger partial charge is 0.397 e. The van der Waals surface area contributed by atoms with Crippen LogP contribution >= 0.6 is 31.9 Å². The smallest absolute Gasteiger partial charge is 0.304 e. The van der Waals surface area contributed by atoms with E-state index in [1.165, 1.54) is 23.3 Å². The third-order valence-corrected chi connectivity index (χ3v) is 16.1. The molecule has 2 saturated heterocycles. The molecule has 0 unspecified atom stereocenters. The summed E-state index contributed by atoms with van der Waals surface area (Å²) < 4.78 is 30.1. The van der Waals surface area contributed by atoms with E-state index in [0.29, 0.717) is 67.1 Å². The van der Waals surface area contributed by atoms with Gasteiger partial charge in [0.1, 0.15) is 11.4 Å². The maximum atomic E-state index is 12.6. The first-order chi connectivity index (χ1) is 45.7. The number of hydrogen-bond donors (Lipinski definition) is 6. The third kappa shape index (κ3) is 22.5. The molecular weight excluding hydrogens is 1330 g/mol. The van der Waals surface area contributed by atoms with E-state index in [1.54, 1.807) is 49.1 Å². The molecule has 22 nitrogen and oxygen atoms in total. The molecule has 3 aliphatic rings. The Hall–Kier alpha value is -9.79. The molecule has 9 aromatic rings. The van der Waals surface area contributed by atoms with Crippen LogP contribution in [0, 0.1) is 36.2 Å². The molecule has 0 aliphatic carbocycles. The third-order valence-electron chi connectivity index (χ3n) is 15.1. The quantitative estimate of drug-likeness (QED) is 0.0264. The maximum Gasteiger partial charge on any atom is 0.304 e. The van der Waals surface area contributed by atoms with Crippen molar-refractivity contribution < 1.29 is 33.4 Å². The fourth-order valence-electron chi connectivity index (χ4n) is 10.0. The molecule has 0 spiro atoms. The summed E-state index contributed by atoms with van der Waals surface area (Å²) in [5.74, 6) is 0.328. The number of nitrogens with one attached hydrogen (secondary N) is 4. The Morgan fingerprint density at radius 1 is 0.457 bits per heavy atom. The first-order valence-electron chi connectivity index (χ1n) is 30.3. The van der Waals surface area contributed by atoms with Crippen molar-refractivity contribution in [2.75, 3.05) is 72.4 Å². The van der Waals surface area contributed by atoms with Gasteiger partial charge < -0.3 is 46.9 Å². The van der Waals surface area contributed by atoms with Crippen LogP contribution in [0.25, 0.3) is 5.57 Å². The van der Waals surface area contributed by atoms with Crippen LogP contribution in [-0.2, 0) is 40.4 Å². The van der Waals surface area contributed by atoms with Crippen LogP contribution in [0.3, 0.4) is 0 Å². The number of nitrogen functional groups attached to an aromatic ring is 2. The first kappa shape index (κ1) is 70.1. The van der Waals surface area contributed by atoms with Gasteiger partial charge in [-0.1, -0.05) is 74.3 Å². The van der Waals surface area contributed by atoms with Crippen molar-refractivity contribution in [3.05, 3.63) is 279 Å². The second-order valence-electron chi connectivity index (χ2n) is 21.5. The zero-order valence-electron chi connectivity index (χ0n) is 51.3. The molecule has 12 rings (SSSR count). The number of benzene rings is 5. The van der Waals surface area contributed by atoms with E-state index in [-0.39, 0.29) is 16.3 Å². The topological polar surface area (TPSA) is 309 Å². The first-order valence-corrected chi connectivity index (χ1v) is 31.8. The second-order valence-corrected chi connectivity index (χ2v) is 23.3. The van der Waals surface area contributed by atoms with E-state index in [1.807, 2.05) is 97.1 Å². The molecule has 0 amide bonds. The van der Waals surface area contributed by atoms with Crippen molar-refractivity contribution in [3.8, 4) is 0 Å². The van der Waals surface area contributed by atoms with Crippen molar-refractivity contribution >= 4 is 88.6 Å². The Bertz CT molecular complexity index is 3810. The van der Waals surface area contributed by atoms with Crippen LogP contribution in [0.15, 0.2) is 204 Å².